The van der Waals surface area contributed by atoms with Crippen LogP contribution in [0, 0.1) is 0 Å². The molecule has 0 radical (unpaired) electrons. The average Bonchev–Trinajstić information content (AvgIpc) is 3.61. The molecule has 1 aliphatic heterocycles. The Labute approximate surface area is 544 Å². The van der Waals surface area contributed by atoms with Gasteiger partial charge in [-0.05, 0) is 38.5 Å². The molecule has 9 atom stereocenters. The van der Waals surface area contributed by atoms with E-state index in [1.54, 1.807) is 0 Å². The lowest BCUT2D eigenvalue weighted by molar-refractivity contribution is -0.303. The largest absolute Gasteiger partial charge is 0.394 e. The number of hydrogen-bond donors (Lipinski definition) is 8. The van der Waals surface area contributed by atoms with E-state index in [1.165, 1.54) is 327 Å². The zero-order valence-corrected chi connectivity index (χ0v) is 58.3. The van der Waals surface area contributed by atoms with Crippen molar-refractivity contribution in [3.8, 4) is 0 Å². The lowest BCUT2D eigenvalue weighted by Crippen LogP contribution is -2.60. The van der Waals surface area contributed by atoms with E-state index >= 15 is 0 Å². The fourth-order valence-electron chi connectivity index (χ4n) is 13.1. The van der Waals surface area contributed by atoms with Crippen LogP contribution in [0.25, 0.3) is 0 Å². The van der Waals surface area contributed by atoms with Crippen molar-refractivity contribution < 1.29 is 50.0 Å². The van der Waals surface area contributed by atoms with Crippen molar-refractivity contribution in [2.24, 2.45) is 0 Å². The number of carbonyl (C=O) groups excluding carboxylic acids is 1. The van der Waals surface area contributed by atoms with E-state index in [9.17, 15) is 40.5 Å². The van der Waals surface area contributed by atoms with Crippen LogP contribution in [0.15, 0.2) is 12.2 Å². The molecule has 1 fully saturated rings. The van der Waals surface area contributed by atoms with Crippen LogP contribution in [-0.2, 0) is 14.3 Å². The standard InChI is InChI=1S/C77H151NO10/c1-3-5-7-9-11-13-15-17-19-21-23-25-27-29-30-31-32-33-34-35-36-37-38-39-41-43-45-47-49-51-53-55-57-59-61-63-65-70(81)76(86)78-68(67-87-77-75(85)74(84)73(83)71(66-79)88-77)72(82)69(80)64-62-60-58-56-54-52-50-48-46-44-42-40-28-26-24-22-20-18-16-14-12-10-8-6-4-2/h56,58,68-75,77,79-85H,3-55,57,59-67H2,1-2H3,(H,78,86)/b58-56+. The first-order chi connectivity index (χ1) is 43.2. The second-order valence-corrected chi connectivity index (χ2v) is 27.8. The van der Waals surface area contributed by atoms with E-state index in [0.29, 0.717) is 12.8 Å². The molecule has 0 aromatic carbocycles. The molecule has 524 valence electrons. The summed E-state index contributed by atoms with van der Waals surface area (Å²) in [4.78, 5) is 13.3. The zero-order valence-electron chi connectivity index (χ0n) is 58.3. The highest BCUT2D eigenvalue weighted by molar-refractivity contribution is 5.80. The Hall–Kier alpha value is -1.15. The van der Waals surface area contributed by atoms with Gasteiger partial charge in [0.25, 0.3) is 0 Å². The maximum Gasteiger partial charge on any atom is 0.249 e. The Bertz CT molecular complexity index is 1440. The fourth-order valence-corrected chi connectivity index (χ4v) is 13.1. The molecule has 1 heterocycles. The molecule has 0 aromatic heterocycles. The Balaban J connectivity index is 2.13. The number of rotatable bonds is 70. The average molecular weight is 1250 g/mol. The molecule has 88 heavy (non-hydrogen) atoms. The first-order valence-electron chi connectivity index (χ1n) is 39.1. The van der Waals surface area contributed by atoms with Gasteiger partial charge in [-0.3, -0.25) is 4.79 Å². The minimum absolute atomic E-state index is 0.260. The van der Waals surface area contributed by atoms with Gasteiger partial charge in [-0.25, -0.2) is 0 Å². The Morgan fingerprint density at radius 3 is 0.977 bits per heavy atom. The van der Waals surface area contributed by atoms with Gasteiger partial charge in [0, 0.05) is 0 Å². The Kier molecular flexibility index (Phi) is 63.5. The minimum atomic E-state index is -1.67. The number of aliphatic hydroxyl groups is 7. The van der Waals surface area contributed by atoms with E-state index in [1.807, 2.05) is 0 Å². The number of unbranched alkanes of at least 4 members (excludes halogenated alkanes) is 56. The third kappa shape index (κ3) is 52.3. The molecule has 0 saturated carbocycles. The van der Waals surface area contributed by atoms with Gasteiger partial charge in [-0.1, -0.05) is 379 Å². The van der Waals surface area contributed by atoms with Crippen molar-refractivity contribution in [3.05, 3.63) is 12.2 Å². The number of nitrogens with one attached hydrogen (secondary N) is 1. The van der Waals surface area contributed by atoms with Crippen molar-refractivity contribution >= 4 is 5.91 Å². The molecule has 1 saturated heterocycles. The van der Waals surface area contributed by atoms with Crippen LogP contribution < -0.4 is 5.32 Å². The monoisotopic (exact) mass is 1250 g/mol. The van der Waals surface area contributed by atoms with E-state index in [4.69, 9.17) is 9.47 Å². The van der Waals surface area contributed by atoms with Crippen LogP contribution in [0.4, 0.5) is 0 Å². The lowest BCUT2D eigenvalue weighted by Gasteiger charge is -2.40. The highest BCUT2D eigenvalue weighted by atomic mass is 16.7. The molecule has 11 nitrogen and oxygen atoms in total. The second-order valence-electron chi connectivity index (χ2n) is 27.8. The van der Waals surface area contributed by atoms with Crippen LogP contribution in [0.2, 0.25) is 0 Å². The summed E-state index contributed by atoms with van der Waals surface area (Å²) in [6.45, 7) is 3.52. The van der Waals surface area contributed by atoms with Gasteiger partial charge in [-0.15, -0.1) is 0 Å². The van der Waals surface area contributed by atoms with Gasteiger partial charge >= 0.3 is 0 Å². The predicted octanol–water partition coefficient (Wildman–Crippen LogP) is 19.8. The van der Waals surface area contributed by atoms with Crippen molar-refractivity contribution in [2.45, 2.75) is 461 Å². The summed E-state index contributed by atoms with van der Waals surface area (Å²) in [6.07, 6.45) is 71.9. The van der Waals surface area contributed by atoms with Gasteiger partial charge in [0.05, 0.1) is 25.4 Å². The first-order valence-corrected chi connectivity index (χ1v) is 39.1. The summed E-state index contributed by atoms with van der Waals surface area (Å²) in [6, 6.07) is -1.18. The Morgan fingerprint density at radius 2 is 0.670 bits per heavy atom. The fraction of sp³-hybridized carbons (Fsp3) is 0.961. The zero-order chi connectivity index (χ0) is 63.9. The summed E-state index contributed by atoms with van der Waals surface area (Å²) < 4.78 is 11.2. The van der Waals surface area contributed by atoms with Gasteiger partial charge in [0.15, 0.2) is 6.29 Å². The highest BCUT2D eigenvalue weighted by Crippen LogP contribution is 2.24. The van der Waals surface area contributed by atoms with Crippen molar-refractivity contribution in [3.63, 3.8) is 0 Å². The number of hydrogen-bond acceptors (Lipinski definition) is 10. The van der Waals surface area contributed by atoms with Crippen LogP contribution in [0.1, 0.15) is 406 Å². The number of allylic oxidation sites excluding steroid dienone is 2. The molecule has 0 aromatic rings. The first kappa shape index (κ1) is 84.9. The summed E-state index contributed by atoms with van der Waals surface area (Å²) >= 11 is 0. The van der Waals surface area contributed by atoms with Crippen molar-refractivity contribution in [1.82, 2.24) is 5.32 Å². The van der Waals surface area contributed by atoms with Gasteiger partial charge in [0.2, 0.25) is 5.91 Å². The van der Waals surface area contributed by atoms with Gasteiger partial charge in [-0.2, -0.15) is 0 Å². The van der Waals surface area contributed by atoms with E-state index < -0.39 is 74.2 Å². The van der Waals surface area contributed by atoms with Crippen LogP contribution >= 0.6 is 0 Å². The molecule has 11 heteroatoms. The SMILES string of the molecule is CCCCCCCCCCCCCCCCCCCCCC/C=C/CCCC(O)C(O)C(COC1OC(CO)C(O)C(O)C1O)NC(=O)C(O)CCCCCCCCCCCCCCCCCCCCCCCCCCCCCCCCCCCCCC. The van der Waals surface area contributed by atoms with Crippen LogP contribution in [0.5, 0.6) is 0 Å². The second kappa shape index (κ2) is 65.9. The van der Waals surface area contributed by atoms with E-state index in [2.05, 4.69) is 31.3 Å². The third-order valence-corrected chi connectivity index (χ3v) is 19.3. The third-order valence-electron chi connectivity index (χ3n) is 19.3. The normalized spacial score (nSPS) is 18.6. The van der Waals surface area contributed by atoms with Crippen LogP contribution in [0.3, 0.4) is 0 Å². The highest BCUT2D eigenvalue weighted by Gasteiger charge is 2.44. The molecule has 8 N–H and O–H groups in total. The minimum Gasteiger partial charge on any atom is -0.394 e. The molecule has 1 rings (SSSR count). The summed E-state index contributed by atoms with van der Waals surface area (Å²) in [5.74, 6) is -0.696. The molecule has 9 unspecified atom stereocenters. The number of aliphatic hydroxyl groups excluding tert-OH is 7. The summed E-state index contributed by atoms with van der Waals surface area (Å²) in [5.41, 5.74) is 0. The lowest BCUT2D eigenvalue weighted by atomic mass is 9.98. The molecular formula is C77H151NO10. The molecule has 1 aliphatic rings. The van der Waals surface area contributed by atoms with Crippen LogP contribution in [-0.4, -0.2) is 110 Å². The smallest absolute Gasteiger partial charge is 0.249 e. The number of ether oxygens (including phenoxy) is 2. The molecule has 0 bridgehead atoms. The molecule has 0 spiro atoms. The van der Waals surface area contributed by atoms with Crippen molar-refractivity contribution in [2.75, 3.05) is 13.2 Å². The number of amides is 1. The topological polar surface area (TPSA) is 189 Å². The molecule has 1 amide bonds. The molecule has 0 aliphatic carbocycles. The maximum absolute atomic E-state index is 13.3. The van der Waals surface area contributed by atoms with E-state index in [0.717, 1.165) is 38.5 Å². The van der Waals surface area contributed by atoms with Gasteiger partial charge < -0.3 is 50.5 Å². The number of carbonyl (C=O) groups is 1. The predicted molar refractivity (Wildman–Crippen MR) is 372 cm³/mol. The van der Waals surface area contributed by atoms with E-state index in [-0.39, 0.29) is 12.8 Å². The van der Waals surface area contributed by atoms with Gasteiger partial charge in [0.1, 0.15) is 36.6 Å². The quantitative estimate of drug-likeness (QED) is 0.0215. The maximum atomic E-state index is 13.3. The summed E-state index contributed by atoms with van der Waals surface area (Å²) in [7, 11) is 0. The van der Waals surface area contributed by atoms with Crippen molar-refractivity contribution in [1.29, 1.82) is 0 Å². The molecular weight excluding hydrogens is 1100 g/mol. The summed E-state index contributed by atoms with van der Waals surface area (Å²) in [5, 5.41) is 76.6. The Morgan fingerprint density at radius 1 is 0.386 bits per heavy atom.